The van der Waals surface area contributed by atoms with E-state index in [1.54, 1.807) is 17.5 Å². The molecule has 0 saturated carbocycles. The fraction of sp³-hybridized carbons (Fsp3) is 0.333. The SMILES string of the molecule is CCC(C)C(N)C(=O)Nc1nc(-c2cccc(F)c2)cs1.Cl. The van der Waals surface area contributed by atoms with Crippen LogP contribution < -0.4 is 11.1 Å². The second-order valence-corrected chi connectivity index (χ2v) is 5.81. The standard InChI is InChI=1S/C15H18FN3OS.ClH/c1-3-9(2)13(17)14(20)19-15-18-12(8-21-15)10-5-4-6-11(16)7-10;/h4-9,13H,3,17H2,1-2H3,(H,18,19,20);1H. The van der Waals surface area contributed by atoms with Gasteiger partial charge in [-0.2, -0.15) is 0 Å². The van der Waals surface area contributed by atoms with Crippen LogP contribution in [0, 0.1) is 11.7 Å². The van der Waals surface area contributed by atoms with Crippen molar-refractivity contribution in [2.45, 2.75) is 26.3 Å². The summed E-state index contributed by atoms with van der Waals surface area (Å²) in [5, 5.41) is 4.96. The van der Waals surface area contributed by atoms with Crippen LogP contribution in [0.25, 0.3) is 11.3 Å². The predicted octanol–water partition coefficient (Wildman–Crippen LogP) is 3.68. The van der Waals surface area contributed by atoms with Crippen LogP contribution >= 0.6 is 23.7 Å². The van der Waals surface area contributed by atoms with Crippen molar-refractivity contribution in [1.82, 2.24) is 4.98 Å². The summed E-state index contributed by atoms with van der Waals surface area (Å²) in [6, 6.07) is 5.63. The first-order chi connectivity index (χ1) is 10.0. The number of hydrogen-bond acceptors (Lipinski definition) is 4. The average molecular weight is 344 g/mol. The van der Waals surface area contributed by atoms with E-state index in [-0.39, 0.29) is 30.0 Å². The molecule has 0 aliphatic carbocycles. The van der Waals surface area contributed by atoms with Crippen LogP contribution in [-0.4, -0.2) is 16.9 Å². The minimum atomic E-state index is -0.559. The number of aromatic nitrogens is 1. The Morgan fingerprint density at radius 3 is 2.86 bits per heavy atom. The van der Waals surface area contributed by atoms with Crippen molar-refractivity contribution in [3.63, 3.8) is 0 Å². The maximum Gasteiger partial charge on any atom is 0.243 e. The van der Waals surface area contributed by atoms with E-state index in [0.29, 0.717) is 16.4 Å². The number of nitrogens with one attached hydrogen (secondary N) is 1. The lowest BCUT2D eigenvalue weighted by atomic mass is 10.00. The van der Waals surface area contributed by atoms with Gasteiger partial charge >= 0.3 is 0 Å². The molecule has 0 fully saturated rings. The van der Waals surface area contributed by atoms with Gasteiger partial charge in [0, 0.05) is 10.9 Å². The number of rotatable bonds is 5. The molecule has 0 bridgehead atoms. The molecule has 2 aromatic rings. The van der Waals surface area contributed by atoms with Crippen LogP contribution in [0.3, 0.4) is 0 Å². The van der Waals surface area contributed by atoms with Crippen molar-refractivity contribution in [2.75, 3.05) is 5.32 Å². The van der Waals surface area contributed by atoms with Crippen molar-refractivity contribution in [3.05, 3.63) is 35.5 Å². The number of nitrogens with zero attached hydrogens (tertiary/aromatic N) is 1. The Balaban J connectivity index is 0.00000242. The maximum atomic E-state index is 13.2. The van der Waals surface area contributed by atoms with Crippen LogP contribution in [0.5, 0.6) is 0 Å². The van der Waals surface area contributed by atoms with Gasteiger partial charge in [0.05, 0.1) is 11.7 Å². The lowest BCUT2D eigenvalue weighted by molar-refractivity contribution is -0.118. The molecule has 3 N–H and O–H groups in total. The number of nitrogens with two attached hydrogens (primary N) is 1. The third kappa shape index (κ3) is 4.50. The molecule has 1 amide bonds. The average Bonchev–Trinajstić information content (AvgIpc) is 2.94. The van der Waals surface area contributed by atoms with Crippen LogP contribution in [0.4, 0.5) is 9.52 Å². The van der Waals surface area contributed by atoms with Crippen LogP contribution in [0.1, 0.15) is 20.3 Å². The minimum Gasteiger partial charge on any atom is -0.320 e. The third-order valence-corrected chi connectivity index (χ3v) is 4.17. The molecule has 0 aliphatic heterocycles. The molecule has 0 spiro atoms. The molecule has 120 valence electrons. The first kappa shape index (κ1) is 18.5. The molecule has 2 atom stereocenters. The van der Waals surface area contributed by atoms with E-state index >= 15 is 0 Å². The van der Waals surface area contributed by atoms with Gasteiger partial charge in [-0.3, -0.25) is 4.79 Å². The van der Waals surface area contributed by atoms with E-state index in [9.17, 15) is 9.18 Å². The van der Waals surface area contributed by atoms with Gasteiger partial charge in [0.2, 0.25) is 5.91 Å². The van der Waals surface area contributed by atoms with E-state index in [2.05, 4.69) is 10.3 Å². The lowest BCUT2D eigenvalue weighted by Crippen LogP contribution is -2.40. The molecule has 1 aromatic heterocycles. The molecule has 2 unspecified atom stereocenters. The Hall–Kier alpha value is -1.50. The first-order valence-electron chi connectivity index (χ1n) is 6.79. The number of halogens is 2. The van der Waals surface area contributed by atoms with Crippen LogP contribution in [0.15, 0.2) is 29.6 Å². The van der Waals surface area contributed by atoms with Gasteiger partial charge in [0.1, 0.15) is 5.82 Å². The number of carbonyl (C=O) groups excluding carboxylic acids is 1. The zero-order valence-electron chi connectivity index (χ0n) is 12.4. The highest BCUT2D eigenvalue weighted by atomic mass is 35.5. The molecule has 0 saturated heterocycles. The third-order valence-electron chi connectivity index (χ3n) is 3.41. The highest BCUT2D eigenvalue weighted by molar-refractivity contribution is 7.14. The minimum absolute atomic E-state index is 0. The van der Waals surface area contributed by atoms with Gasteiger partial charge in [0.15, 0.2) is 5.13 Å². The zero-order valence-corrected chi connectivity index (χ0v) is 14.0. The normalized spacial score (nSPS) is 13.1. The topological polar surface area (TPSA) is 68.0 Å². The zero-order chi connectivity index (χ0) is 15.4. The van der Waals surface area contributed by atoms with Gasteiger partial charge in [-0.05, 0) is 18.1 Å². The number of anilines is 1. The Kier molecular flexibility index (Phi) is 6.93. The van der Waals surface area contributed by atoms with E-state index in [0.717, 1.165) is 6.42 Å². The Labute approximate surface area is 139 Å². The van der Waals surface area contributed by atoms with Crippen LogP contribution in [0.2, 0.25) is 0 Å². The van der Waals surface area contributed by atoms with E-state index in [1.807, 2.05) is 13.8 Å². The highest BCUT2D eigenvalue weighted by Crippen LogP contribution is 2.25. The van der Waals surface area contributed by atoms with Gasteiger partial charge in [-0.1, -0.05) is 32.4 Å². The molecule has 0 aliphatic rings. The Morgan fingerprint density at radius 1 is 1.50 bits per heavy atom. The quantitative estimate of drug-likeness (QED) is 0.870. The fourth-order valence-electron chi connectivity index (χ4n) is 1.81. The molecule has 1 aromatic carbocycles. The van der Waals surface area contributed by atoms with Crippen molar-refractivity contribution in [2.24, 2.45) is 11.7 Å². The first-order valence-corrected chi connectivity index (χ1v) is 7.67. The highest BCUT2D eigenvalue weighted by Gasteiger charge is 2.20. The van der Waals surface area contributed by atoms with Gasteiger partial charge < -0.3 is 11.1 Å². The summed E-state index contributed by atoms with van der Waals surface area (Å²) >= 11 is 1.29. The summed E-state index contributed by atoms with van der Waals surface area (Å²) in [5.41, 5.74) is 7.18. The molecule has 22 heavy (non-hydrogen) atoms. The summed E-state index contributed by atoms with van der Waals surface area (Å²) in [7, 11) is 0. The summed E-state index contributed by atoms with van der Waals surface area (Å²) in [6.45, 7) is 3.92. The number of benzene rings is 1. The molecule has 0 radical (unpaired) electrons. The Bertz CT molecular complexity index is 635. The smallest absolute Gasteiger partial charge is 0.243 e. The second-order valence-electron chi connectivity index (χ2n) is 4.95. The summed E-state index contributed by atoms with van der Waals surface area (Å²) < 4.78 is 13.2. The van der Waals surface area contributed by atoms with E-state index in [1.165, 1.54) is 23.5 Å². The summed E-state index contributed by atoms with van der Waals surface area (Å²) in [4.78, 5) is 16.3. The van der Waals surface area contributed by atoms with Crippen molar-refractivity contribution >= 4 is 34.8 Å². The molecule has 1 heterocycles. The van der Waals surface area contributed by atoms with E-state index in [4.69, 9.17) is 5.73 Å². The monoisotopic (exact) mass is 343 g/mol. The number of carbonyl (C=O) groups is 1. The van der Waals surface area contributed by atoms with Crippen molar-refractivity contribution in [1.29, 1.82) is 0 Å². The largest absolute Gasteiger partial charge is 0.320 e. The predicted molar refractivity (Wildman–Crippen MR) is 90.8 cm³/mol. The van der Waals surface area contributed by atoms with Gasteiger partial charge in [-0.15, -0.1) is 23.7 Å². The van der Waals surface area contributed by atoms with Crippen molar-refractivity contribution < 1.29 is 9.18 Å². The summed E-state index contributed by atoms with van der Waals surface area (Å²) in [5.74, 6) is -0.456. The molecule has 4 nitrogen and oxygen atoms in total. The second kappa shape index (κ2) is 8.22. The fourth-order valence-corrected chi connectivity index (χ4v) is 2.54. The molecular weight excluding hydrogens is 325 g/mol. The lowest BCUT2D eigenvalue weighted by Gasteiger charge is -2.16. The van der Waals surface area contributed by atoms with Gasteiger partial charge in [0.25, 0.3) is 0 Å². The van der Waals surface area contributed by atoms with Gasteiger partial charge in [-0.25, -0.2) is 9.37 Å². The van der Waals surface area contributed by atoms with Crippen molar-refractivity contribution in [3.8, 4) is 11.3 Å². The number of thiazole rings is 1. The molecule has 2 rings (SSSR count). The summed E-state index contributed by atoms with van der Waals surface area (Å²) in [6.07, 6.45) is 0.834. The van der Waals surface area contributed by atoms with E-state index < -0.39 is 6.04 Å². The van der Waals surface area contributed by atoms with Crippen LogP contribution in [-0.2, 0) is 4.79 Å². The number of amides is 1. The maximum absolute atomic E-state index is 13.2. The molecule has 7 heteroatoms. The Morgan fingerprint density at radius 2 is 2.23 bits per heavy atom. The number of hydrogen-bond donors (Lipinski definition) is 2. The molecular formula is C15H19ClFN3OS.